The minimum Gasteiger partial charge on any atom is -0.481 e. The molecule has 2 amide bonds. The van der Waals surface area contributed by atoms with Gasteiger partial charge in [-0.25, -0.2) is 4.79 Å². The third-order valence-electron chi connectivity index (χ3n) is 3.69. The number of carbonyl (C=O) groups excluding carboxylic acids is 1. The summed E-state index contributed by atoms with van der Waals surface area (Å²) in [4.78, 5) is 22.9. The van der Waals surface area contributed by atoms with Crippen molar-refractivity contribution >= 4 is 12.0 Å². The summed E-state index contributed by atoms with van der Waals surface area (Å²) in [6.07, 6.45) is 5.11. The maximum Gasteiger partial charge on any atom is 0.315 e. The van der Waals surface area contributed by atoms with Gasteiger partial charge in [-0.05, 0) is 24.8 Å². The second-order valence-electron chi connectivity index (χ2n) is 5.74. The smallest absolute Gasteiger partial charge is 0.315 e. The normalized spacial score (nSPS) is 11.7. The van der Waals surface area contributed by atoms with E-state index in [9.17, 15) is 9.59 Å². The number of aliphatic carboxylic acids is 1. The van der Waals surface area contributed by atoms with Crippen molar-refractivity contribution in [2.45, 2.75) is 38.3 Å². The van der Waals surface area contributed by atoms with Gasteiger partial charge < -0.3 is 15.7 Å². The largest absolute Gasteiger partial charge is 0.481 e. The van der Waals surface area contributed by atoms with E-state index in [1.165, 1.54) is 0 Å². The van der Waals surface area contributed by atoms with Crippen molar-refractivity contribution in [3.05, 3.63) is 48.3 Å². The number of carboxylic acid groups (broad SMARTS) is 1. The zero-order chi connectivity index (χ0) is 17.9. The fourth-order valence-electron chi connectivity index (χ4n) is 2.45. The van der Waals surface area contributed by atoms with Crippen molar-refractivity contribution in [1.29, 1.82) is 0 Å². The molecule has 2 aromatic rings. The van der Waals surface area contributed by atoms with E-state index in [4.69, 9.17) is 5.11 Å². The van der Waals surface area contributed by atoms with Gasteiger partial charge in [-0.2, -0.15) is 0 Å². The Hall–Kier alpha value is -2.90. The Bertz CT molecular complexity index is 646. The molecule has 0 aliphatic carbocycles. The van der Waals surface area contributed by atoms with Crippen LogP contribution in [0.3, 0.4) is 0 Å². The number of benzene rings is 1. The fourth-order valence-corrected chi connectivity index (χ4v) is 2.45. The molecule has 8 heteroatoms. The van der Waals surface area contributed by atoms with Crippen molar-refractivity contribution in [1.82, 2.24) is 25.6 Å². The predicted octanol–water partition coefficient (Wildman–Crippen LogP) is 1.44. The van der Waals surface area contributed by atoms with Crippen LogP contribution in [0.25, 0.3) is 0 Å². The minimum atomic E-state index is -0.867. The van der Waals surface area contributed by atoms with Crippen LogP contribution >= 0.6 is 0 Å². The number of nitrogens with one attached hydrogen (secondary N) is 2. The number of hydrogen-bond acceptors (Lipinski definition) is 4. The summed E-state index contributed by atoms with van der Waals surface area (Å²) in [5.41, 5.74) is 1.06. The molecule has 134 valence electrons. The van der Waals surface area contributed by atoms with Crippen molar-refractivity contribution in [2.24, 2.45) is 0 Å². The number of hydrogen-bond donors (Lipinski definition) is 3. The highest BCUT2D eigenvalue weighted by molar-refractivity contribution is 5.74. The van der Waals surface area contributed by atoms with Crippen LogP contribution in [0.15, 0.2) is 42.7 Å². The molecule has 3 N–H and O–H groups in total. The molecule has 25 heavy (non-hydrogen) atoms. The molecule has 1 atom stereocenters. The Morgan fingerprint density at radius 2 is 2.04 bits per heavy atom. The SMILES string of the molecule is O=C(O)CCC(Cc1ccccc1)NC(=O)NCCCn1ccnn1. The average molecular weight is 345 g/mol. The van der Waals surface area contributed by atoms with E-state index in [1.807, 2.05) is 30.3 Å². The molecule has 1 aromatic carbocycles. The van der Waals surface area contributed by atoms with Crippen LogP contribution in [0.5, 0.6) is 0 Å². The van der Waals surface area contributed by atoms with E-state index in [-0.39, 0.29) is 18.5 Å². The molecule has 0 saturated heterocycles. The lowest BCUT2D eigenvalue weighted by Gasteiger charge is -2.18. The second-order valence-corrected chi connectivity index (χ2v) is 5.74. The maximum atomic E-state index is 12.0. The molecule has 0 saturated carbocycles. The molecule has 0 radical (unpaired) electrons. The zero-order valence-corrected chi connectivity index (χ0v) is 14.0. The molecule has 1 heterocycles. The lowest BCUT2D eigenvalue weighted by molar-refractivity contribution is -0.137. The molecule has 0 aliphatic rings. The number of carbonyl (C=O) groups is 2. The van der Waals surface area contributed by atoms with Gasteiger partial charge in [0, 0.05) is 31.7 Å². The summed E-state index contributed by atoms with van der Waals surface area (Å²) in [7, 11) is 0. The molecule has 1 unspecified atom stereocenters. The van der Waals surface area contributed by atoms with Crippen LogP contribution in [0.1, 0.15) is 24.8 Å². The Kier molecular flexibility index (Phi) is 7.42. The second kappa shape index (κ2) is 10.1. The van der Waals surface area contributed by atoms with Crippen molar-refractivity contribution in [3.63, 3.8) is 0 Å². The van der Waals surface area contributed by atoms with Crippen LogP contribution in [-0.4, -0.2) is 44.7 Å². The standard InChI is InChI=1S/C17H23N5O3/c23-16(24)8-7-15(13-14-5-2-1-3-6-14)20-17(25)18-9-4-11-22-12-10-19-21-22/h1-3,5-6,10,12,15H,4,7-9,11,13H2,(H,23,24)(H2,18,20,25). The fraction of sp³-hybridized carbons (Fsp3) is 0.412. The molecular weight excluding hydrogens is 322 g/mol. The molecule has 8 nitrogen and oxygen atoms in total. The van der Waals surface area contributed by atoms with E-state index in [0.717, 1.165) is 12.0 Å². The minimum absolute atomic E-state index is 0.0179. The lowest BCUT2D eigenvalue weighted by Crippen LogP contribution is -2.43. The number of aryl methyl sites for hydroxylation is 1. The zero-order valence-electron chi connectivity index (χ0n) is 14.0. The molecule has 2 rings (SSSR count). The van der Waals surface area contributed by atoms with Crippen molar-refractivity contribution in [3.8, 4) is 0 Å². The van der Waals surface area contributed by atoms with Gasteiger partial charge in [0.25, 0.3) is 0 Å². The van der Waals surface area contributed by atoms with E-state index in [0.29, 0.717) is 25.9 Å². The van der Waals surface area contributed by atoms with E-state index < -0.39 is 5.97 Å². The van der Waals surface area contributed by atoms with Gasteiger partial charge in [0.1, 0.15) is 0 Å². The average Bonchev–Trinajstić information content (AvgIpc) is 3.11. The number of rotatable bonds is 10. The third-order valence-corrected chi connectivity index (χ3v) is 3.69. The predicted molar refractivity (Wildman–Crippen MR) is 92.0 cm³/mol. The Morgan fingerprint density at radius 1 is 1.24 bits per heavy atom. The highest BCUT2D eigenvalue weighted by Crippen LogP contribution is 2.08. The summed E-state index contributed by atoms with van der Waals surface area (Å²) in [6, 6.07) is 9.18. The number of aromatic nitrogens is 3. The first kappa shape index (κ1) is 18.4. The molecule has 0 bridgehead atoms. The van der Waals surface area contributed by atoms with E-state index in [1.54, 1.807) is 17.1 Å². The number of nitrogens with zero attached hydrogens (tertiary/aromatic N) is 3. The lowest BCUT2D eigenvalue weighted by atomic mass is 10.0. The third kappa shape index (κ3) is 7.47. The summed E-state index contributed by atoms with van der Waals surface area (Å²) in [5, 5.41) is 22.1. The summed E-state index contributed by atoms with van der Waals surface area (Å²) >= 11 is 0. The first-order chi connectivity index (χ1) is 12.1. The van der Waals surface area contributed by atoms with Crippen molar-refractivity contribution in [2.75, 3.05) is 6.54 Å². The van der Waals surface area contributed by atoms with Crippen LogP contribution in [-0.2, 0) is 17.8 Å². The molecular formula is C17H23N5O3. The van der Waals surface area contributed by atoms with Crippen LogP contribution in [0.2, 0.25) is 0 Å². The van der Waals surface area contributed by atoms with E-state index >= 15 is 0 Å². The quantitative estimate of drug-likeness (QED) is 0.565. The first-order valence-electron chi connectivity index (χ1n) is 8.27. The van der Waals surface area contributed by atoms with Gasteiger partial charge in [0.15, 0.2) is 0 Å². The summed E-state index contributed by atoms with van der Waals surface area (Å²) in [6.45, 7) is 1.18. The first-order valence-corrected chi connectivity index (χ1v) is 8.27. The number of urea groups is 1. The maximum absolute atomic E-state index is 12.0. The molecule has 1 aromatic heterocycles. The van der Waals surface area contributed by atoms with Gasteiger partial charge in [0.05, 0.1) is 6.20 Å². The van der Waals surface area contributed by atoms with E-state index in [2.05, 4.69) is 20.9 Å². The van der Waals surface area contributed by atoms with Gasteiger partial charge >= 0.3 is 12.0 Å². The summed E-state index contributed by atoms with van der Waals surface area (Å²) < 4.78 is 1.70. The number of carboxylic acids is 1. The molecule has 0 spiro atoms. The summed E-state index contributed by atoms with van der Waals surface area (Å²) in [5.74, 6) is -0.867. The molecule has 0 fully saturated rings. The van der Waals surface area contributed by atoms with Gasteiger partial charge in [0.2, 0.25) is 0 Å². The Labute approximate surface area is 146 Å². The highest BCUT2D eigenvalue weighted by atomic mass is 16.4. The number of amides is 2. The topological polar surface area (TPSA) is 109 Å². The Morgan fingerprint density at radius 3 is 2.72 bits per heavy atom. The van der Waals surface area contributed by atoms with Crippen molar-refractivity contribution < 1.29 is 14.7 Å². The van der Waals surface area contributed by atoms with Crippen LogP contribution in [0.4, 0.5) is 4.79 Å². The van der Waals surface area contributed by atoms with Crippen LogP contribution in [0, 0.1) is 0 Å². The van der Waals surface area contributed by atoms with Gasteiger partial charge in [-0.3, -0.25) is 9.48 Å². The van der Waals surface area contributed by atoms with Gasteiger partial charge in [-0.15, -0.1) is 5.10 Å². The monoisotopic (exact) mass is 345 g/mol. The Balaban J connectivity index is 1.75. The highest BCUT2D eigenvalue weighted by Gasteiger charge is 2.14. The van der Waals surface area contributed by atoms with Crippen LogP contribution < -0.4 is 10.6 Å². The van der Waals surface area contributed by atoms with Gasteiger partial charge in [-0.1, -0.05) is 35.5 Å². The molecule has 0 aliphatic heterocycles.